The third-order valence-corrected chi connectivity index (χ3v) is 9.68. The number of rotatable bonds is 0. The maximum absolute atomic E-state index is 12.0. The monoisotopic (exact) mass is 490 g/mol. The summed E-state index contributed by atoms with van der Waals surface area (Å²) < 4.78 is 6.72. The summed E-state index contributed by atoms with van der Waals surface area (Å²) in [5.41, 5.74) is 5.04. The second-order valence-corrected chi connectivity index (χ2v) is 13.1. The van der Waals surface area contributed by atoms with Gasteiger partial charge in [-0.2, -0.15) is 0 Å². The average molecular weight is 491 g/mol. The molecular weight excluding hydrogens is 448 g/mol. The van der Waals surface area contributed by atoms with E-state index >= 15 is 0 Å². The first-order chi connectivity index (χ1) is 16.8. The SMILES string of the molecule is Cc1cc(O)cc2c1C[C@@H]1C[C@@H](O)[C@]3(C)Oc4cc(O)cc(C)c4C[C@@H]3CC(C)(C)/C=C/C[C@@]1(C)C2. The van der Waals surface area contributed by atoms with E-state index < -0.39 is 11.7 Å². The Labute approximate surface area is 216 Å². The highest BCUT2D eigenvalue weighted by Gasteiger charge is 2.51. The Bertz CT molecular complexity index is 1210. The van der Waals surface area contributed by atoms with E-state index in [4.69, 9.17) is 4.74 Å². The maximum Gasteiger partial charge on any atom is 0.135 e. The summed E-state index contributed by atoms with van der Waals surface area (Å²) in [4.78, 5) is 0. The van der Waals surface area contributed by atoms with Crippen molar-refractivity contribution in [1.29, 1.82) is 0 Å². The fourth-order valence-corrected chi connectivity index (χ4v) is 7.36. The van der Waals surface area contributed by atoms with Crippen molar-refractivity contribution >= 4 is 0 Å². The fourth-order valence-electron chi connectivity index (χ4n) is 7.36. The molecule has 3 aliphatic rings. The molecule has 0 saturated heterocycles. The van der Waals surface area contributed by atoms with Crippen molar-refractivity contribution in [3.63, 3.8) is 0 Å². The number of phenols is 2. The van der Waals surface area contributed by atoms with Crippen LogP contribution in [0.25, 0.3) is 0 Å². The summed E-state index contributed by atoms with van der Waals surface area (Å²) in [6.07, 6.45) is 9.21. The molecule has 0 aromatic heterocycles. The van der Waals surface area contributed by atoms with Crippen LogP contribution in [-0.2, 0) is 19.3 Å². The summed E-state index contributed by atoms with van der Waals surface area (Å²) in [6, 6.07) is 7.32. The number of phenolic OH excluding ortho intramolecular Hbond substituents is 2. The summed E-state index contributed by atoms with van der Waals surface area (Å²) in [7, 11) is 0. The number of aromatic hydroxyl groups is 2. The van der Waals surface area contributed by atoms with Crippen LogP contribution in [0.4, 0.5) is 0 Å². The molecule has 1 heterocycles. The van der Waals surface area contributed by atoms with Gasteiger partial charge in [0.15, 0.2) is 0 Å². The average Bonchev–Trinajstić information content (AvgIpc) is 2.75. The van der Waals surface area contributed by atoms with Crippen LogP contribution in [0.1, 0.15) is 74.8 Å². The Morgan fingerprint density at radius 1 is 0.861 bits per heavy atom. The number of ether oxygens (including phenoxy) is 1. The smallest absolute Gasteiger partial charge is 0.135 e. The van der Waals surface area contributed by atoms with Gasteiger partial charge in [0, 0.05) is 12.0 Å². The van der Waals surface area contributed by atoms with Gasteiger partial charge in [0.05, 0.1) is 6.10 Å². The minimum Gasteiger partial charge on any atom is -0.508 e. The van der Waals surface area contributed by atoms with E-state index in [0.717, 1.165) is 48.8 Å². The van der Waals surface area contributed by atoms with Crippen molar-refractivity contribution in [3.05, 3.63) is 64.2 Å². The first-order valence-corrected chi connectivity index (χ1v) is 13.5. The molecule has 1 aliphatic heterocycles. The minimum atomic E-state index is -0.756. The highest BCUT2D eigenvalue weighted by atomic mass is 16.5. The lowest BCUT2D eigenvalue weighted by molar-refractivity contribution is -0.111. The van der Waals surface area contributed by atoms with E-state index in [-0.39, 0.29) is 28.4 Å². The molecule has 36 heavy (non-hydrogen) atoms. The van der Waals surface area contributed by atoms with Crippen molar-refractivity contribution in [2.45, 2.75) is 91.8 Å². The highest BCUT2D eigenvalue weighted by Crippen LogP contribution is 2.51. The summed E-state index contributed by atoms with van der Waals surface area (Å²) in [6.45, 7) is 13.1. The Morgan fingerprint density at radius 3 is 2.22 bits per heavy atom. The zero-order chi connectivity index (χ0) is 26.0. The minimum absolute atomic E-state index is 0.0293. The highest BCUT2D eigenvalue weighted by molar-refractivity contribution is 5.48. The summed E-state index contributed by atoms with van der Waals surface area (Å²) in [5, 5.41) is 32.5. The van der Waals surface area contributed by atoms with Gasteiger partial charge in [-0.05, 0) is 122 Å². The number of aliphatic hydroxyl groups excluding tert-OH is 1. The zero-order valence-corrected chi connectivity index (χ0v) is 22.7. The van der Waals surface area contributed by atoms with Crippen molar-refractivity contribution in [1.82, 2.24) is 0 Å². The lowest BCUT2D eigenvalue weighted by atomic mass is 9.60. The Morgan fingerprint density at radius 2 is 1.50 bits per heavy atom. The van der Waals surface area contributed by atoms with E-state index in [2.05, 4.69) is 46.8 Å². The number of allylic oxidation sites excluding steroid dienone is 2. The quantitative estimate of drug-likeness (QED) is 0.365. The van der Waals surface area contributed by atoms with Crippen molar-refractivity contribution < 1.29 is 20.1 Å². The summed E-state index contributed by atoms with van der Waals surface area (Å²) in [5.74, 6) is 1.67. The standard InChI is InChI=1S/C32H42O4/c1-19-10-24(33)12-21-17-31(5)9-7-8-30(3,4)18-23-14-27-20(2)11-25(34)16-28(27)36-32(23,6)29(35)15-22(31)13-26(19)21/h7-8,10-12,16,22-23,29,33-35H,9,13-15,17-18H2,1-6H3/b8-7+/t22-,23-,29-,31+,32-/m1/s1. The summed E-state index contributed by atoms with van der Waals surface area (Å²) >= 11 is 0. The largest absolute Gasteiger partial charge is 0.508 e. The molecule has 5 rings (SSSR count). The second kappa shape index (κ2) is 8.55. The molecule has 4 heteroatoms. The number of aryl methyl sites for hydroxylation is 2. The third kappa shape index (κ3) is 4.32. The lowest BCUT2D eigenvalue weighted by Gasteiger charge is -2.49. The molecule has 0 amide bonds. The van der Waals surface area contributed by atoms with Crippen LogP contribution in [0.15, 0.2) is 36.4 Å². The van der Waals surface area contributed by atoms with Gasteiger partial charge in [-0.25, -0.2) is 0 Å². The molecule has 0 unspecified atom stereocenters. The molecule has 0 bridgehead atoms. The van der Waals surface area contributed by atoms with Crippen molar-refractivity contribution in [2.24, 2.45) is 22.7 Å². The van der Waals surface area contributed by atoms with Crippen LogP contribution in [0.3, 0.4) is 0 Å². The molecule has 0 fully saturated rings. The molecule has 2 aromatic rings. The predicted octanol–water partition coefficient (Wildman–Crippen LogP) is 6.57. The molecule has 5 atom stereocenters. The van der Waals surface area contributed by atoms with E-state index in [1.54, 1.807) is 6.07 Å². The number of aliphatic hydroxyl groups is 1. The molecule has 4 nitrogen and oxygen atoms in total. The van der Waals surface area contributed by atoms with Gasteiger partial charge < -0.3 is 20.1 Å². The van der Waals surface area contributed by atoms with Gasteiger partial charge in [-0.3, -0.25) is 0 Å². The molecule has 2 aliphatic carbocycles. The van der Waals surface area contributed by atoms with Crippen LogP contribution in [0, 0.1) is 36.5 Å². The van der Waals surface area contributed by atoms with Gasteiger partial charge in [-0.1, -0.05) is 32.9 Å². The maximum atomic E-state index is 12.0. The van der Waals surface area contributed by atoms with Crippen LogP contribution in [0.2, 0.25) is 0 Å². The van der Waals surface area contributed by atoms with Gasteiger partial charge in [0.2, 0.25) is 0 Å². The normalized spacial score (nSPS) is 34.1. The lowest BCUT2D eigenvalue weighted by Crippen LogP contribution is -2.56. The predicted molar refractivity (Wildman–Crippen MR) is 144 cm³/mol. The molecule has 2 aromatic carbocycles. The molecule has 194 valence electrons. The number of fused-ring (bicyclic) bond motifs is 4. The molecule has 0 spiro atoms. The fraction of sp³-hybridized carbons (Fsp3) is 0.562. The molecule has 0 saturated carbocycles. The van der Waals surface area contributed by atoms with Gasteiger partial charge in [0.25, 0.3) is 0 Å². The van der Waals surface area contributed by atoms with Crippen LogP contribution < -0.4 is 4.74 Å². The van der Waals surface area contributed by atoms with Gasteiger partial charge in [-0.15, -0.1) is 0 Å². The van der Waals surface area contributed by atoms with E-state index in [0.29, 0.717) is 17.9 Å². The van der Waals surface area contributed by atoms with Crippen LogP contribution >= 0.6 is 0 Å². The molecule has 3 N–H and O–H groups in total. The number of benzene rings is 2. The Kier molecular flexibility index (Phi) is 5.98. The van der Waals surface area contributed by atoms with Crippen molar-refractivity contribution in [2.75, 3.05) is 0 Å². The van der Waals surface area contributed by atoms with Crippen molar-refractivity contribution in [3.8, 4) is 17.2 Å². The van der Waals surface area contributed by atoms with Gasteiger partial charge in [0.1, 0.15) is 22.8 Å². The topological polar surface area (TPSA) is 69.9 Å². The molecular formula is C32H42O4. The van der Waals surface area contributed by atoms with E-state index in [9.17, 15) is 15.3 Å². The zero-order valence-electron chi connectivity index (χ0n) is 22.7. The van der Waals surface area contributed by atoms with Crippen LogP contribution in [-0.4, -0.2) is 27.0 Å². The van der Waals surface area contributed by atoms with E-state index in [1.807, 2.05) is 25.1 Å². The first kappa shape index (κ1) is 25.2. The van der Waals surface area contributed by atoms with E-state index in [1.165, 1.54) is 11.1 Å². The second-order valence-electron chi connectivity index (χ2n) is 13.1. The molecule has 0 radical (unpaired) electrons. The van der Waals surface area contributed by atoms with Gasteiger partial charge >= 0.3 is 0 Å². The van der Waals surface area contributed by atoms with Crippen LogP contribution in [0.5, 0.6) is 17.2 Å². The Hall–Kier alpha value is -2.46. The third-order valence-electron chi connectivity index (χ3n) is 9.68. The number of hydrogen-bond donors (Lipinski definition) is 3. The Balaban J connectivity index is 1.58. The number of hydrogen-bond acceptors (Lipinski definition) is 4. The first-order valence-electron chi connectivity index (χ1n) is 13.5.